The van der Waals surface area contributed by atoms with Gasteiger partial charge in [-0.25, -0.2) is 8.42 Å². The van der Waals surface area contributed by atoms with Gasteiger partial charge in [-0.1, -0.05) is 0 Å². The van der Waals surface area contributed by atoms with Crippen LogP contribution in [0.15, 0.2) is 22.7 Å². The summed E-state index contributed by atoms with van der Waals surface area (Å²) >= 11 is 8.57. The average molecular weight is 372 g/mol. The lowest BCUT2D eigenvalue weighted by Gasteiger charge is -2.09. The lowest BCUT2D eigenvalue weighted by Crippen LogP contribution is -2.17. The SMILES string of the molecule is O=[N+]([O-])c1ccc(NS(=O)(=O)CCCCCl)c(Br)c1. The quantitative estimate of drug-likeness (QED) is 0.345. The molecule has 0 aliphatic rings. The third kappa shape index (κ3) is 5.33. The van der Waals surface area contributed by atoms with Crippen molar-refractivity contribution in [2.75, 3.05) is 16.4 Å². The molecule has 6 nitrogen and oxygen atoms in total. The summed E-state index contributed by atoms with van der Waals surface area (Å²) in [4.78, 5) is 10.0. The highest BCUT2D eigenvalue weighted by Gasteiger charge is 2.14. The largest absolute Gasteiger partial charge is 0.282 e. The van der Waals surface area contributed by atoms with Crippen LogP contribution >= 0.6 is 27.5 Å². The van der Waals surface area contributed by atoms with E-state index in [4.69, 9.17) is 11.6 Å². The monoisotopic (exact) mass is 370 g/mol. The zero-order chi connectivity index (χ0) is 14.5. The molecule has 0 atom stereocenters. The third-order valence-corrected chi connectivity index (χ3v) is 4.51. The Hall–Kier alpha value is -0.860. The molecule has 19 heavy (non-hydrogen) atoms. The van der Waals surface area contributed by atoms with Crippen LogP contribution in [0, 0.1) is 10.1 Å². The maximum atomic E-state index is 11.7. The molecule has 0 fully saturated rings. The van der Waals surface area contributed by atoms with Gasteiger partial charge in [0.05, 0.1) is 16.4 Å². The van der Waals surface area contributed by atoms with E-state index >= 15 is 0 Å². The van der Waals surface area contributed by atoms with Gasteiger partial charge in [0, 0.05) is 22.5 Å². The first-order valence-electron chi connectivity index (χ1n) is 5.36. The fourth-order valence-corrected chi connectivity index (χ4v) is 3.29. The van der Waals surface area contributed by atoms with Gasteiger partial charge in [0.15, 0.2) is 0 Å². The average Bonchev–Trinajstić information content (AvgIpc) is 2.31. The van der Waals surface area contributed by atoms with Crippen molar-refractivity contribution < 1.29 is 13.3 Å². The standard InChI is InChI=1S/C10H12BrClN2O4S/c11-9-7-8(14(15)16)3-4-10(9)13-19(17,18)6-2-1-5-12/h3-4,7,13H,1-2,5-6H2. The molecular formula is C10H12BrClN2O4S. The van der Waals surface area contributed by atoms with Crippen LogP contribution < -0.4 is 4.72 Å². The van der Waals surface area contributed by atoms with E-state index in [1.807, 2.05) is 0 Å². The highest BCUT2D eigenvalue weighted by molar-refractivity contribution is 9.10. The van der Waals surface area contributed by atoms with E-state index in [1.54, 1.807) is 0 Å². The number of rotatable bonds is 7. The van der Waals surface area contributed by atoms with E-state index in [2.05, 4.69) is 20.7 Å². The number of nitrogens with one attached hydrogen (secondary N) is 1. The first-order valence-corrected chi connectivity index (χ1v) is 8.34. The second-order valence-electron chi connectivity index (χ2n) is 3.74. The lowest BCUT2D eigenvalue weighted by molar-refractivity contribution is -0.384. The number of non-ortho nitro benzene ring substituents is 1. The summed E-state index contributed by atoms with van der Waals surface area (Å²) < 4.78 is 26.2. The summed E-state index contributed by atoms with van der Waals surface area (Å²) in [5, 5.41) is 10.6. The maximum Gasteiger partial charge on any atom is 0.270 e. The van der Waals surface area contributed by atoms with Crippen LogP contribution in [0.4, 0.5) is 11.4 Å². The Morgan fingerprint density at radius 1 is 1.37 bits per heavy atom. The number of unbranched alkanes of at least 4 members (excludes halogenated alkanes) is 1. The van der Waals surface area contributed by atoms with Crippen molar-refractivity contribution in [3.63, 3.8) is 0 Å². The van der Waals surface area contributed by atoms with Gasteiger partial charge in [0.1, 0.15) is 0 Å². The van der Waals surface area contributed by atoms with Crippen molar-refractivity contribution in [3.8, 4) is 0 Å². The number of nitrogens with zero attached hydrogens (tertiary/aromatic N) is 1. The first-order chi connectivity index (χ1) is 8.85. The summed E-state index contributed by atoms with van der Waals surface area (Å²) in [6.45, 7) is 0. The van der Waals surface area contributed by atoms with Crippen LogP contribution in [0.5, 0.6) is 0 Å². The first kappa shape index (κ1) is 16.2. The minimum absolute atomic E-state index is 0.0385. The van der Waals surface area contributed by atoms with Gasteiger partial charge in [-0.3, -0.25) is 14.8 Å². The minimum atomic E-state index is -3.47. The molecule has 0 unspecified atom stereocenters. The van der Waals surface area contributed by atoms with E-state index in [9.17, 15) is 18.5 Å². The fraction of sp³-hybridized carbons (Fsp3) is 0.400. The highest BCUT2D eigenvalue weighted by atomic mass is 79.9. The van der Waals surface area contributed by atoms with Crippen LogP contribution in [-0.4, -0.2) is 25.0 Å². The van der Waals surface area contributed by atoms with Crippen molar-refractivity contribution in [2.24, 2.45) is 0 Å². The molecule has 0 aromatic heterocycles. The predicted molar refractivity (Wildman–Crippen MR) is 78.2 cm³/mol. The molecule has 1 N–H and O–H groups in total. The van der Waals surface area contributed by atoms with Crippen LogP contribution in [0.2, 0.25) is 0 Å². The molecule has 106 valence electrons. The van der Waals surface area contributed by atoms with E-state index in [0.29, 0.717) is 23.2 Å². The molecule has 0 heterocycles. The smallest absolute Gasteiger partial charge is 0.270 e. The van der Waals surface area contributed by atoms with Crippen molar-refractivity contribution in [3.05, 3.63) is 32.8 Å². The Labute approximate surface area is 124 Å². The number of sulfonamides is 1. The van der Waals surface area contributed by atoms with Crippen LogP contribution in [0.3, 0.4) is 0 Å². The zero-order valence-electron chi connectivity index (χ0n) is 9.80. The summed E-state index contributed by atoms with van der Waals surface area (Å²) in [5.41, 5.74) is 0.161. The number of nitro benzene ring substituents is 1. The molecule has 1 aromatic carbocycles. The van der Waals surface area contributed by atoms with Crippen molar-refractivity contribution in [1.82, 2.24) is 0 Å². The lowest BCUT2D eigenvalue weighted by atomic mass is 10.3. The van der Waals surface area contributed by atoms with Gasteiger partial charge >= 0.3 is 0 Å². The van der Waals surface area contributed by atoms with Crippen LogP contribution in [0.25, 0.3) is 0 Å². The molecule has 0 spiro atoms. The number of anilines is 1. The number of alkyl halides is 1. The normalized spacial score (nSPS) is 11.3. The molecule has 0 aliphatic carbocycles. The van der Waals surface area contributed by atoms with Crippen LogP contribution in [-0.2, 0) is 10.0 Å². The van der Waals surface area contributed by atoms with Crippen molar-refractivity contribution in [2.45, 2.75) is 12.8 Å². The topological polar surface area (TPSA) is 89.3 Å². The fourth-order valence-electron chi connectivity index (χ4n) is 1.31. The molecule has 1 aromatic rings. The van der Waals surface area contributed by atoms with Gasteiger partial charge in [-0.15, -0.1) is 11.6 Å². The highest BCUT2D eigenvalue weighted by Crippen LogP contribution is 2.27. The molecule has 0 saturated heterocycles. The second kappa shape index (κ2) is 7.06. The van der Waals surface area contributed by atoms with Crippen LogP contribution in [0.1, 0.15) is 12.8 Å². The predicted octanol–water partition coefficient (Wildman–Crippen LogP) is 3.12. The number of benzene rings is 1. The number of hydrogen-bond acceptors (Lipinski definition) is 4. The number of nitro groups is 1. The van der Waals surface area contributed by atoms with E-state index in [1.165, 1.54) is 18.2 Å². The van der Waals surface area contributed by atoms with Crippen molar-refractivity contribution >= 4 is 48.9 Å². The van der Waals surface area contributed by atoms with Gasteiger partial charge in [-0.05, 0) is 34.8 Å². The molecule has 1 rings (SSSR count). The summed E-state index contributed by atoms with van der Waals surface area (Å²) in [5.74, 6) is 0.375. The Morgan fingerprint density at radius 2 is 2.05 bits per heavy atom. The Bertz CT molecular complexity index is 565. The minimum Gasteiger partial charge on any atom is -0.282 e. The maximum absolute atomic E-state index is 11.7. The Kier molecular flexibility index (Phi) is 6.02. The summed E-state index contributed by atoms with van der Waals surface area (Å²) in [6, 6.07) is 3.83. The second-order valence-corrected chi connectivity index (χ2v) is 6.81. The Balaban J connectivity index is 2.79. The molecule has 0 radical (unpaired) electrons. The molecule has 9 heteroatoms. The number of halogens is 2. The molecule has 0 aliphatic heterocycles. The van der Waals surface area contributed by atoms with Gasteiger partial charge in [0.25, 0.3) is 5.69 Å². The van der Waals surface area contributed by atoms with Gasteiger partial charge < -0.3 is 0 Å². The molecule has 0 amide bonds. The molecule has 0 bridgehead atoms. The molecule has 0 saturated carbocycles. The van der Waals surface area contributed by atoms with E-state index in [0.717, 1.165) is 0 Å². The Morgan fingerprint density at radius 3 is 2.58 bits per heavy atom. The summed E-state index contributed by atoms with van der Waals surface area (Å²) in [7, 11) is -3.47. The van der Waals surface area contributed by atoms with E-state index in [-0.39, 0.29) is 17.1 Å². The third-order valence-electron chi connectivity index (χ3n) is 2.23. The van der Waals surface area contributed by atoms with Gasteiger partial charge in [0.2, 0.25) is 10.0 Å². The number of hydrogen-bond donors (Lipinski definition) is 1. The van der Waals surface area contributed by atoms with Gasteiger partial charge in [-0.2, -0.15) is 0 Å². The molecular weight excluding hydrogens is 360 g/mol. The summed E-state index contributed by atoms with van der Waals surface area (Å²) in [6.07, 6.45) is 1.08. The van der Waals surface area contributed by atoms with Crippen molar-refractivity contribution in [1.29, 1.82) is 0 Å². The van der Waals surface area contributed by atoms with E-state index < -0.39 is 14.9 Å². The zero-order valence-corrected chi connectivity index (χ0v) is 13.0.